The van der Waals surface area contributed by atoms with Gasteiger partial charge in [0, 0.05) is 42.0 Å². The maximum Gasteiger partial charge on any atom is 0.293 e. The quantitative estimate of drug-likeness (QED) is 0.762. The van der Waals surface area contributed by atoms with E-state index in [4.69, 9.17) is 4.74 Å². The van der Waals surface area contributed by atoms with Crippen molar-refractivity contribution in [2.75, 3.05) is 25.0 Å². The minimum Gasteiger partial charge on any atom is -0.449 e. The number of nitrogens with zero attached hydrogens (tertiary/aromatic N) is 2. The summed E-state index contributed by atoms with van der Waals surface area (Å²) in [6.45, 7) is 1.69. The molecule has 0 spiro atoms. The number of para-hydroxylation sites is 2. The molecule has 2 aliphatic rings. The van der Waals surface area contributed by atoms with Gasteiger partial charge in [-0.15, -0.1) is 11.3 Å². The Morgan fingerprint density at radius 1 is 1.11 bits per heavy atom. The summed E-state index contributed by atoms with van der Waals surface area (Å²) < 4.78 is 5.79. The molecule has 0 bridgehead atoms. The highest BCUT2D eigenvalue weighted by atomic mass is 32.1. The van der Waals surface area contributed by atoms with Crippen LogP contribution in [0.2, 0.25) is 0 Å². The lowest BCUT2D eigenvalue weighted by Gasteiger charge is -2.27. The molecular formula is C21H20N2O3S. The van der Waals surface area contributed by atoms with Crippen LogP contribution in [0.1, 0.15) is 22.6 Å². The van der Waals surface area contributed by atoms with Gasteiger partial charge in [-0.3, -0.25) is 9.59 Å². The summed E-state index contributed by atoms with van der Waals surface area (Å²) in [6, 6.07) is 11.3. The number of rotatable bonds is 3. The highest BCUT2D eigenvalue weighted by Gasteiger charge is 2.27. The smallest absolute Gasteiger partial charge is 0.293 e. The van der Waals surface area contributed by atoms with Crippen LogP contribution < -0.4 is 9.64 Å². The van der Waals surface area contributed by atoms with Gasteiger partial charge in [0.1, 0.15) is 0 Å². The van der Waals surface area contributed by atoms with Crippen LogP contribution >= 0.6 is 11.3 Å². The molecule has 0 unspecified atom stereocenters. The third kappa shape index (κ3) is 3.66. The lowest BCUT2D eigenvalue weighted by molar-refractivity contribution is -0.125. The van der Waals surface area contributed by atoms with Gasteiger partial charge in [0.25, 0.3) is 5.91 Å². The zero-order valence-electron chi connectivity index (χ0n) is 15.1. The lowest BCUT2D eigenvalue weighted by atomic mass is 10.2. The summed E-state index contributed by atoms with van der Waals surface area (Å²) in [5.74, 6) is 0.841. The fourth-order valence-electron chi connectivity index (χ4n) is 3.21. The minimum absolute atomic E-state index is 0.0600. The van der Waals surface area contributed by atoms with Crippen molar-refractivity contribution in [3.8, 4) is 5.75 Å². The van der Waals surface area contributed by atoms with Crippen LogP contribution in [-0.4, -0.2) is 36.9 Å². The number of thiophene rings is 1. The molecule has 0 saturated carbocycles. The van der Waals surface area contributed by atoms with Gasteiger partial charge >= 0.3 is 0 Å². The highest BCUT2D eigenvalue weighted by Crippen LogP contribution is 2.35. The van der Waals surface area contributed by atoms with Gasteiger partial charge in [-0.2, -0.15) is 0 Å². The molecule has 4 rings (SSSR count). The molecule has 0 radical (unpaired) electrons. The van der Waals surface area contributed by atoms with Gasteiger partial charge in [-0.05, 0) is 43.2 Å². The number of hydrogen-bond donors (Lipinski definition) is 0. The van der Waals surface area contributed by atoms with Gasteiger partial charge in [0.15, 0.2) is 11.5 Å². The van der Waals surface area contributed by atoms with Crippen molar-refractivity contribution in [1.82, 2.24) is 4.90 Å². The maximum atomic E-state index is 12.5. The fourth-order valence-corrected chi connectivity index (χ4v) is 4.06. The average molecular weight is 380 g/mol. The molecule has 0 N–H and O–H groups in total. The molecule has 3 heterocycles. The summed E-state index contributed by atoms with van der Waals surface area (Å²) >= 11 is 1.51. The summed E-state index contributed by atoms with van der Waals surface area (Å²) in [5, 5.41) is 0. The van der Waals surface area contributed by atoms with Crippen LogP contribution in [0.15, 0.2) is 48.2 Å². The Kier molecular flexibility index (Phi) is 4.81. The second-order valence-electron chi connectivity index (χ2n) is 6.55. The first-order valence-electron chi connectivity index (χ1n) is 8.95. The predicted molar refractivity (Wildman–Crippen MR) is 108 cm³/mol. The zero-order valence-corrected chi connectivity index (χ0v) is 15.9. The number of hydrogen-bond acceptors (Lipinski definition) is 4. The Bertz CT molecular complexity index is 938. The molecule has 2 amide bonds. The summed E-state index contributed by atoms with van der Waals surface area (Å²) in [4.78, 5) is 30.0. The van der Waals surface area contributed by atoms with E-state index in [-0.39, 0.29) is 11.8 Å². The minimum atomic E-state index is -0.177. The Morgan fingerprint density at radius 3 is 2.67 bits per heavy atom. The van der Waals surface area contributed by atoms with E-state index in [2.05, 4.69) is 0 Å². The third-order valence-electron chi connectivity index (χ3n) is 4.69. The number of fused-ring (bicyclic) bond motifs is 1. The van der Waals surface area contributed by atoms with E-state index in [1.165, 1.54) is 11.3 Å². The highest BCUT2D eigenvalue weighted by molar-refractivity contribution is 7.13. The lowest BCUT2D eigenvalue weighted by Crippen LogP contribution is -2.33. The molecule has 1 fully saturated rings. The Labute approximate surface area is 162 Å². The van der Waals surface area contributed by atoms with Crippen LogP contribution in [-0.2, 0) is 9.59 Å². The van der Waals surface area contributed by atoms with Crippen LogP contribution in [0.4, 0.5) is 5.69 Å². The summed E-state index contributed by atoms with van der Waals surface area (Å²) in [6.07, 6.45) is 7.38. The number of carbonyl (C=O) groups excluding carboxylic acids is 2. The number of benzene rings is 1. The molecule has 2 aromatic rings. The van der Waals surface area contributed by atoms with Gasteiger partial charge < -0.3 is 14.5 Å². The Morgan fingerprint density at radius 2 is 1.85 bits per heavy atom. The Balaban J connectivity index is 1.50. The van der Waals surface area contributed by atoms with Crippen molar-refractivity contribution < 1.29 is 14.3 Å². The second kappa shape index (κ2) is 7.40. The largest absolute Gasteiger partial charge is 0.449 e. The first kappa shape index (κ1) is 17.5. The van der Waals surface area contributed by atoms with Crippen LogP contribution in [0.5, 0.6) is 5.75 Å². The first-order chi connectivity index (χ1) is 13.1. The molecule has 5 nitrogen and oxygen atoms in total. The third-order valence-corrected chi connectivity index (χ3v) is 5.69. The topological polar surface area (TPSA) is 49.9 Å². The van der Waals surface area contributed by atoms with E-state index >= 15 is 0 Å². The van der Waals surface area contributed by atoms with Gasteiger partial charge in [-0.25, -0.2) is 0 Å². The molecule has 0 aliphatic carbocycles. The van der Waals surface area contributed by atoms with E-state index in [9.17, 15) is 9.59 Å². The summed E-state index contributed by atoms with van der Waals surface area (Å²) in [5.41, 5.74) is 0.759. The van der Waals surface area contributed by atoms with E-state index in [0.29, 0.717) is 11.5 Å². The number of likely N-dealkylation sites (N-methyl/N-ethyl adjacent to an activating group) is 1. The van der Waals surface area contributed by atoms with Crippen molar-refractivity contribution in [1.29, 1.82) is 0 Å². The van der Waals surface area contributed by atoms with Crippen molar-refractivity contribution in [2.24, 2.45) is 0 Å². The maximum absolute atomic E-state index is 12.5. The number of amides is 2. The molecule has 1 saturated heterocycles. The molecule has 2 aliphatic heterocycles. The van der Waals surface area contributed by atoms with E-state index in [1.807, 2.05) is 47.4 Å². The number of anilines is 1. The molecular weight excluding hydrogens is 360 g/mol. The van der Waals surface area contributed by atoms with Crippen LogP contribution in [0, 0.1) is 0 Å². The molecule has 138 valence electrons. The van der Waals surface area contributed by atoms with Crippen molar-refractivity contribution in [3.05, 3.63) is 58.0 Å². The van der Waals surface area contributed by atoms with E-state index < -0.39 is 0 Å². The number of carbonyl (C=O) groups is 2. The SMILES string of the molecule is CN1C(=O)/C(=C/c2ccc(/C=C/C(=O)N3CCCC3)s2)Oc2ccccc21. The van der Waals surface area contributed by atoms with Crippen molar-refractivity contribution in [2.45, 2.75) is 12.8 Å². The fraction of sp³-hybridized carbons (Fsp3) is 0.238. The zero-order chi connectivity index (χ0) is 18.8. The van der Waals surface area contributed by atoms with Crippen molar-refractivity contribution >= 4 is 41.0 Å². The van der Waals surface area contributed by atoms with Crippen LogP contribution in [0.25, 0.3) is 12.2 Å². The monoisotopic (exact) mass is 380 g/mol. The van der Waals surface area contributed by atoms with E-state index in [1.54, 1.807) is 24.1 Å². The number of likely N-dealkylation sites (tertiary alicyclic amines) is 1. The predicted octanol–water partition coefficient (Wildman–Crippen LogP) is 3.78. The molecule has 1 aromatic heterocycles. The molecule has 27 heavy (non-hydrogen) atoms. The van der Waals surface area contributed by atoms with Gasteiger partial charge in [-0.1, -0.05) is 12.1 Å². The van der Waals surface area contributed by atoms with Gasteiger partial charge in [0.05, 0.1) is 5.69 Å². The van der Waals surface area contributed by atoms with E-state index in [0.717, 1.165) is 41.4 Å². The second-order valence-corrected chi connectivity index (χ2v) is 7.70. The normalized spacial score (nSPS) is 18.3. The van der Waals surface area contributed by atoms with Crippen molar-refractivity contribution in [3.63, 3.8) is 0 Å². The van der Waals surface area contributed by atoms with Gasteiger partial charge in [0.2, 0.25) is 5.91 Å². The molecule has 0 atom stereocenters. The standard InChI is InChI=1S/C21H20N2O3S/c1-22-17-6-2-3-7-18(17)26-19(21(22)25)14-16-9-8-15(27-16)10-11-20(24)23-12-4-5-13-23/h2-3,6-11,14H,4-5,12-13H2,1H3/b11-10+,19-14-. The van der Waals surface area contributed by atoms with Crippen LogP contribution in [0.3, 0.4) is 0 Å². The summed E-state index contributed by atoms with van der Waals surface area (Å²) in [7, 11) is 1.74. The molecule has 1 aromatic carbocycles. The number of ether oxygens (including phenoxy) is 1. The molecule has 6 heteroatoms. The Hall–Kier alpha value is -2.86. The first-order valence-corrected chi connectivity index (χ1v) is 9.77. The average Bonchev–Trinajstić information content (AvgIpc) is 3.36.